The fraction of sp³-hybridized carbons (Fsp3) is 0.381. The summed E-state index contributed by atoms with van der Waals surface area (Å²) in [5, 5.41) is 0. The third-order valence-electron chi connectivity index (χ3n) is 4.98. The highest BCUT2D eigenvalue weighted by Crippen LogP contribution is 2.21. The van der Waals surface area contributed by atoms with E-state index in [1.165, 1.54) is 11.1 Å². The average molecular weight is 395 g/mol. The first kappa shape index (κ1) is 22.7. The lowest BCUT2D eigenvalue weighted by Crippen LogP contribution is -2.48. The molecule has 1 aliphatic heterocycles. The fourth-order valence-corrected chi connectivity index (χ4v) is 3.28. The van der Waals surface area contributed by atoms with Crippen molar-refractivity contribution in [3.8, 4) is 0 Å². The third-order valence-corrected chi connectivity index (χ3v) is 4.98. The SMILES string of the molecule is Cc1ccc(C(=O)CN2CCN([C@H](C)c3ccccc3)CC2)cc1.Cl.Cl. The molecule has 26 heavy (non-hydrogen) atoms. The zero-order chi connectivity index (χ0) is 16.9. The van der Waals surface area contributed by atoms with Gasteiger partial charge in [-0.25, -0.2) is 0 Å². The van der Waals surface area contributed by atoms with Crippen molar-refractivity contribution in [1.29, 1.82) is 0 Å². The first-order valence-corrected chi connectivity index (χ1v) is 8.75. The standard InChI is InChI=1S/C21H26N2O.2ClH/c1-17-8-10-20(11-9-17)21(24)16-22-12-14-23(15-13-22)18(2)19-6-4-3-5-7-19;;/h3-11,18H,12-16H2,1-2H3;2*1H/t18-;;/m1../s1. The molecule has 0 aliphatic carbocycles. The van der Waals surface area contributed by atoms with E-state index in [2.05, 4.69) is 47.1 Å². The molecule has 3 rings (SSSR count). The number of hydrogen-bond donors (Lipinski definition) is 0. The van der Waals surface area contributed by atoms with Gasteiger partial charge in [0.2, 0.25) is 0 Å². The number of ketones is 1. The molecule has 0 bridgehead atoms. The lowest BCUT2D eigenvalue weighted by Gasteiger charge is -2.38. The Kier molecular flexibility index (Phi) is 9.31. The molecule has 0 aromatic heterocycles. The van der Waals surface area contributed by atoms with Crippen molar-refractivity contribution in [3.05, 3.63) is 71.3 Å². The quantitative estimate of drug-likeness (QED) is 0.702. The van der Waals surface area contributed by atoms with E-state index in [9.17, 15) is 4.79 Å². The Balaban J connectivity index is 0.00000169. The number of halogens is 2. The lowest BCUT2D eigenvalue weighted by atomic mass is 10.1. The summed E-state index contributed by atoms with van der Waals surface area (Å²) in [6.45, 7) is 8.76. The second-order valence-electron chi connectivity index (χ2n) is 6.69. The van der Waals surface area contributed by atoms with Crippen LogP contribution in [0, 0.1) is 6.92 Å². The van der Waals surface area contributed by atoms with E-state index in [1.54, 1.807) is 0 Å². The molecule has 5 heteroatoms. The van der Waals surface area contributed by atoms with Crippen LogP contribution in [0.15, 0.2) is 54.6 Å². The van der Waals surface area contributed by atoms with E-state index in [-0.39, 0.29) is 30.6 Å². The summed E-state index contributed by atoms with van der Waals surface area (Å²) in [7, 11) is 0. The molecule has 142 valence electrons. The van der Waals surface area contributed by atoms with Crippen molar-refractivity contribution in [1.82, 2.24) is 9.80 Å². The van der Waals surface area contributed by atoms with Crippen LogP contribution >= 0.6 is 24.8 Å². The topological polar surface area (TPSA) is 23.6 Å². The van der Waals surface area contributed by atoms with E-state index in [4.69, 9.17) is 0 Å². The maximum absolute atomic E-state index is 12.4. The second-order valence-corrected chi connectivity index (χ2v) is 6.69. The molecule has 1 fully saturated rings. The van der Waals surface area contributed by atoms with Gasteiger partial charge in [-0.1, -0.05) is 60.2 Å². The number of nitrogens with zero attached hydrogens (tertiary/aromatic N) is 2. The summed E-state index contributed by atoms with van der Waals surface area (Å²) < 4.78 is 0. The van der Waals surface area contributed by atoms with Gasteiger partial charge in [0.25, 0.3) is 0 Å². The monoisotopic (exact) mass is 394 g/mol. The van der Waals surface area contributed by atoms with Crippen molar-refractivity contribution >= 4 is 30.6 Å². The highest BCUT2D eigenvalue weighted by molar-refractivity contribution is 5.97. The normalized spacial score (nSPS) is 16.2. The molecule has 0 saturated carbocycles. The van der Waals surface area contributed by atoms with Crippen molar-refractivity contribution in [2.75, 3.05) is 32.7 Å². The van der Waals surface area contributed by atoms with Crippen molar-refractivity contribution in [3.63, 3.8) is 0 Å². The van der Waals surface area contributed by atoms with E-state index < -0.39 is 0 Å². The fourth-order valence-electron chi connectivity index (χ4n) is 3.28. The van der Waals surface area contributed by atoms with E-state index in [0.29, 0.717) is 12.6 Å². The van der Waals surface area contributed by atoms with Gasteiger partial charge in [-0.3, -0.25) is 14.6 Å². The van der Waals surface area contributed by atoms with Gasteiger partial charge in [-0.2, -0.15) is 0 Å². The molecule has 0 unspecified atom stereocenters. The molecule has 1 aliphatic rings. The summed E-state index contributed by atoms with van der Waals surface area (Å²) in [6, 6.07) is 19.0. The summed E-state index contributed by atoms with van der Waals surface area (Å²) in [5.74, 6) is 0.222. The van der Waals surface area contributed by atoms with Crippen molar-refractivity contribution < 1.29 is 4.79 Å². The zero-order valence-corrected chi connectivity index (χ0v) is 17.1. The summed E-state index contributed by atoms with van der Waals surface area (Å²) in [6.07, 6.45) is 0. The number of aryl methyl sites for hydroxylation is 1. The van der Waals surface area contributed by atoms with Gasteiger partial charge in [0.15, 0.2) is 5.78 Å². The van der Waals surface area contributed by atoms with Crippen molar-refractivity contribution in [2.24, 2.45) is 0 Å². The Hall–Kier alpha value is -1.39. The van der Waals surface area contributed by atoms with Gasteiger partial charge in [-0.05, 0) is 19.4 Å². The maximum Gasteiger partial charge on any atom is 0.176 e. The van der Waals surface area contributed by atoms with Crippen LogP contribution < -0.4 is 0 Å². The first-order valence-electron chi connectivity index (χ1n) is 8.75. The Morgan fingerprint density at radius 1 is 0.923 bits per heavy atom. The first-order chi connectivity index (χ1) is 11.6. The minimum absolute atomic E-state index is 0. The molecular weight excluding hydrogens is 367 g/mol. The number of carbonyl (C=O) groups excluding carboxylic acids is 1. The van der Waals surface area contributed by atoms with Crippen LogP contribution in [0.5, 0.6) is 0 Å². The number of Topliss-reactive ketones (excluding diaryl/α,β-unsaturated/α-hetero) is 1. The molecule has 0 N–H and O–H groups in total. The second kappa shape index (κ2) is 10.7. The molecule has 0 amide bonds. The summed E-state index contributed by atoms with van der Waals surface area (Å²) in [5.41, 5.74) is 3.37. The van der Waals surface area contributed by atoms with E-state index in [0.717, 1.165) is 31.7 Å². The van der Waals surface area contributed by atoms with Gasteiger partial charge >= 0.3 is 0 Å². The van der Waals surface area contributed by atoms with E-state index in [1.807, 2.05) is 31.2 Å². The molecule has 1 atom stereocenters. The molecule has 1 saturated heterocycles. The van der Waals surface area contributed by atoms with Crippen LogP contribution in [0.1, 0.15) is 34.5 Å². The predicted molar refractivity (Wildman–Crippen MR) is 113 cm³/mol. The van der Waals surface area contributed by atoms with Crippen LogP contribution in [0.2, 0.25) is 0 Å². The molecular formula is C21H28Cl2N2O. The van der Waals surface area contributed by atoms with Crippen LogP contribution in [0.25, 0.3) is 0 Å². The Morgan fingerprint density at radius 2 is 1.50 bits per heavy atom. The molecule has 0 radical (unpaired) electrons. The smallest absolute Gasteiger partial charge is 0.176 e. The van der Waals surface area contributed by atoms with Gasteiger partial charge < -0.3 is 0 Å². The molecule has 3 nitrogen and oxygen atoms in total. The highest BCUT2D eigenvalue weighted by atomic mass is 35.5. The lowest BCUT2D eigenvalue weighted by molar-refractivity contribution is 0.0788. The van der Waals surface area contributed by atoms with Gasteiger partial charge in [0, 0.05) is 37.8 Å². The van der Waals surface area contributed by atoms with Crippen LogP contribution in [-0.4, -0.2) is 48.3 Å². The number of rotatable bonds is 5. The maximum atomic E-state index is 12.4. The van der Waals surface area contributed by atoms with Gasteiger partial charge in [-0.15, -0.1) is 24.8 Å². The predicted octanol–water partition coefficient (Wildman–Crippen LogP) is 4.40. The van der Waals surface area contributed by atoms with Gasteiger partial charge in [0.1, 0.15) is 0 Å². The number of carbonyl (C=O) groups is 1. The summed E-state index contributed by atoms with van der Waals surface area (Å²) in [4.78, 5) is 17.2. The zero-order valence-electron chi connectivity index (χ0n) is 15.4. The van der Waals surface area contributed by atoms with Crippen LogP contribution in [0.3, 0.4) is 0 Å². The highest BCUT2D eigenvalue weighted by Gasteiger charge is 2.23. The number of hydrogen-bond acceptors (Lipinski definition) is 3. The van der Waals surface area contributed by atoms with Gasteiger partial charge in [0.05, 0.1) is 6.54 Å². The Morgan fingerprint density at radius 3 is 2.08 bits per heavy atom. The molecule has 0 spiro atoms. The number of benzene rings is 2. The minimum atomic E-state index is 0. The van der Waals surface area contributed by atoms with Crippen LogP contribution in [-0.2, 0) is 0 Å². The Labute approximate surface area is 169 Å². The molecule has 2 aromatic carbocycles. The summed E-state index contributed by atoms with van der Waals surface area (Å²) >= 11 is 0. The van der Waals surface area contributed by atoms with E-state index >= 15 is 0 Å². The molecule has 1 heterocycles. The number of piperazine rings is 1. The Bertz CT molecular complexity index is 668. The molecule has 2 aromatic rings. The average Bonchev–Trinajstić information content (AvgIpc) is 2.63. The van der Waals surface area contributed by atoms with Crippen molar-refractivity contribution in [2.45, 2.75) is 19.9 Å². The third kappa shape index (κ3) is 5.82. The minimum Gasteiger partial charge on any atom is -0.294 e. The largest absolute Gasteiger partial charge is 0.294 e. The van der Waals surface area contributed by atoms with Crippen LogP contribution in [0.4, 0.5) is 0 Å².